The first-order valence-corrected chi connectivity index (χ1v) is 7.59. The molecule has 2 aromatic heterocycles. The van der Waals surface area contributed by atoms with Crippen LogP contribution in [0.2, 0.25) is 0 Å². The molecule has 0 saturated heterocycles. The second-order valence-electron chi connectivity index (χ2n) is 5.45. The molecular weight excluding hydrogens is 288 g/mol. The summed E-state index contributed by atoms with van der Waals surface area (Å²) in [5.41, 5.74) is 3.51. The fraction of sp³-hybridized carbons (Fsp3) is 0.211. The van der Waals surface area contributed by atoms with Crippen molar-refractivity contribution < 1.29 is 9.15 Å². The SMILES string of the molecule is COc1ccccc1CN(Cc1cccnc1)Cc1ccoc1. The van der Waals surface area contributed by atoms with Crippen LogP contribution in [0.4, 0.5) is 0 Å². The van der Waals surface area contributed by atoms with Gasteiger partial charge in [-0.3, -0.25) is 9.88 Å². The van der Waals surface area contributed by atoms with Crippen molar-refractivity contribution >= 4 is 0 Å². The summed E-state index contributed by atoms with van der Waals surface area (Å²) in [6.45, 7) is 2.42. The zero-order chi connectivity index (χ0) is 15.9. The van der Waals surface area contributed by atoms with E-state index >= 15 is 0 Å². The Morgan fingerprint density at radius 1 is 1.00 bits per heavy atom. The van der Waals surface area contributed by atoms with E-state index in [9.17, 15) is 0 Å². The number of para-hydroxylation sites is 1. The molecule has 23 heavy (non-hydrogen) atoms. The van der Waals surface area contributed by atoms with Crippen molar-refractivity contribution in [1.29, 1.82) is 0 Å². The lowest BCUT2D eigenvalue weighted by atomic mass is 10.1. The fourth-order valence-corrected chi connectivity index (χ4v) is 2.63. The number of nitrogens with zero attached hydrogens (tertiary/aromatic N) is 2. The lowest BCUT2D eigenvalue weighted by molar-refractivity contribution is 0.242. The van der Waals surface area contributed by atoms with Gasteiger partial charge in [0.15, 0.2) is 0 Å². The van der Waals surface area contributed by atoms with E-state index in [0.29, 0.717) is 0 Å². The van der Waals surface area contributed by atoms with Crippen molar-refractivity contribution in [1.82, 2.24) is 9.88 Å². The number of ether oxygens (including phenoxy) is 1. The molecule has 0 aliphatic carbocycles. The van der Waals surface area contributed by atoms with Gasteiger partial charge >= 0.3 is 0 Å². The molecule has 0 atom stereocenters. The molecule has 2 heterocycles. The van der Waals surface area contributed by atoms with E-state index in [1.807, 2.05) is 36.5 Å². The molecule has 0 unspecified atom stereocenters. The Kier molecular flexibility index (Phi) is 5.06. The lowest BCUT2D eigenvalue weighted by Crippen LogP contribution is -2.22. The Morgan fingerprint density at radius 2 is 1.87 bits per heavy atom. The van der Waals surface area contributed by atoms with Crippen LogP contribution in [-0.4, -0.2) is 17.0 Å². The number of benzene rings is 1. The topological polar surface area (TPSA) is 38.5 Å². The molecule has 0 amide bonds. The summed E-state index contributed by atoms with van der Waals surface area (Å²) in [5, 5.41) is 0. The highest BCUT2D eigenvalue weighted by molar-refractivity contribution is 5.33. The van der Waals surface area contributed by atoms with E-state index in [0.717, 1.165) is 30.9 Å². The Balaban J connectivity index is 1.79. The molecule has 4 heteroatoms. The number of methoxy groups -OCH3 is 1. The maximum Gasteiger partial charge on any atom is 0.123 e. The van der Waals surface area contributed by atoms with Gasteiger partial charge in [-0.15, -0.1) is 0 Å². The monoisotopic (exact) mass is 308 g/mol. The van der Waals surface area contributed by atoms with Crippen LogP contribution < -0.4 is 4.74 Å². The van der Waals surface area contributed by atoms with Gasteiger partial charge in [-0.2, -0.15) is 0 Å². The van der Waals surface area contributed by atoms with Crippen molar-refractivity contribution in [3.63, 3.8) is 0 Å². The van der Waals surface area contributed by atoms with Crippen LogP contribution in [-0.2, 0) is 19.6 Å². The number of hydrogen-bond acceptors (Lipinski definition) is 4. The Bertz CT molecular complexity index is 711. The third-order valence-corrected chi connectivity index (χ3v) is 3.70. The van der Waals surface area contributed by atoms with Gasteiger partial charge in [-0.05, 0) is 23.8 Å². The summed E-state index contributed by atoms with van der Waals surface area (Å²) in [6.07, 6.45) is 7.20. The van der Waals surface area contributed by atoms with Crippen LogP contribution in [0.1, 0.15) is 16.7 Å². The zero-order valence-electron chi connectivity index (χ0n) is 13.2. The van der Waals surface area contributed by atoms with Gasteiger partial charge in [0.2, 0.25) is 0 Å². The molecule has 3 aromatic rings. The van der Waals surface area contributed by atoms with Gasteiger partial charge in [0.05, 0.1) is 19.6 Å². The molecule has 0 saturated carbocycles. The standard InChI is InChI=1S/C19H20N2O2/c1-22-19-7-3-2-6-18(19)14-21(13-17-8-10-23-15-17)12-16-5-4-9-20-11-16/h2-11,15H,12-14H2,1H3. The van der Waals surface area contributed by atoms with E-state index in [4.69, 9.17) is 9.15 Å². The van der Waals surface area contributed by atoms with Crippen LogP contribution in [0.25, 0.3) is 0 Å². The van der Waals surface area contributed by atoms with E-state index < -0.39 is 0 Å². The molecule has 4 nitrogen and oxygen atoms in total. The van der Waals surface area contributed by atoms with Crippen molar-refractivity contribution in [2.24, 2.45) is 0 Å². The van der Waals surface area contributed by atoms with Crippen molar-refractivity contribution in [2.45, 2.75) is 19.6 Å². The quantitative estimate of drug-likeness (QED) is 0.664. The molecule has 0 N–H and O–H groups in total. The van der Waals surface area contributed by atoms with Crippen molar-refractivity contribution in [3.05, 3.63) is 84.1 Å². The molecule has 0 radical (unpaired) electrons. The molecule has 3 rings (SSSR count). The van der Waals surface area contributed by atoms with Crippen molar-refractivity contribution in [2.75, 3.05) is 7.11 Å². The van der Waals surface area contributed by atoms with Gasteiger partial charge in [-0.1, -0.05) is 24.3 Å². The third-order valence-electron chi connectivity index (χ3n) is 3.70. The van der Waals surface area contributed by atoms with Crippen LogP contribution >= 0.6 is 0 Å². The first-order valence-electron chi connectivity index (χ1n) is 7.59. The Morgan fingerprint density at radius 3 is 2.61 bits per heavy atom. The third kappa shape index (κ3) is 4.20. The van der Waals surface area contributed by atoms with Gasteiger partial charge in [0.25, 0.3) is 0 Å². The molecule has 0 bridgehead atoms. The minimum absolute atomic E-state index is 0.796. The first kappa shape index (κ1) is 15.3. The highest BCUT2D eigenvalue weighted by Crippen LogP contribution is 2.21. The maximum atomic E-state index is 5.47. The van der Waals surface area contributed by atoms with Crippen LogP contribution in [0.3, 0.4) is 0 Å². The number of rotatable bonds is 7. The molecular formula is C19H20N2O2. The number of pyridine rings is 1. The van der Waals surface area contributed by atoms with Crippen LogP contribution in [0.15, 0.2) is 71.8 Å². The predicted molar refractivity (Wildman–Crippen MR) is 88.9 cm³/mol. The van der Waals surface area contributed by atoms with Gasteiger partial charge < -0.3 is 9.15 Å². The molecule has 1 aromatic carbocycles. The summed E-state index contributed by atoms with van der Waals surface area (Å²) in [7, 11) is 1.71. The average Bonchev–Trinajstić information content (AvgIpc) is 3.09. The number of furan rings is 1. The maximum absolute atomic E-state index is 5.47. The molecule has 0 spiro atoms. The van der Waals surface area contributed by atoms with Crippen LogP contribution in [0, 0.1) is 0 Å². The van der Waals surface area contributed by atoms with Gasteiger partial charge in [0, 0.05) is 43.2 Å². The van der Waals surface area contributed by atoms with E-state index in [1.165, 1.54) is 11.1 Å². The highest BCUT2D eigenvalue weighted by Gasteiger charge is 2.12. The number of aromatic nitrogens is 1. The second kappa shape index (κ2) is 7.61. The lowest BCUT2D eigenvalue weighted by Gasteiger charge is -2.23. The summed E-state index contributed by atoms with van der Waals surface area (Å²) < 4.78 is 10.7. The molecule has 0 fully saturated rings. The zero-order valence-corrected chi connectivity index (χ0v) is 13.2. The van der Waals surface area contributed by atoms with Gasteiger partial charge in [-0.25, -0.2) is 0 Å². The van der Waals surface area contributed by atoms with E-state index in [-0.39, 0.29) is 0 Å². The Labute approximate surface area is 136 Å². The summed E-state index contributed by atoms with van der Waals surface area (Å²) in [5.74, 6) is 0.913. The summed E-state index contributed by atoms with van der Waals surface area (Å²) >= 11 is 0. The highest BCUT2D eigenvalue weighted by atomic mass is 16.5. The largest absolute Gasteiger partial charge is 0.496 e. The molecule has 0 aliphatic heterocycles. The summed E-state index contributed by atoms with van der Waals surface area (Å²) in [6, 6.07) is 14.2. The minimum Gasteiger partial charge on any atom is -0.496 e. The molecule has 0 aliphatic rings. The fourth-order valence-electron chi connectivity index (χ4n) is 2.63. The number of hydrogen-bond donors (Lipinski definition) is 0. The minimum atomic E-state index is 0.796. The normalized spacial score (nSPS) is 10.9. The van der Waals surface area contributed by atoms with E-state index in [2.05, 4.69) is 22.0 Å². The smallest absolute Gasteiger partial charge is 0.123 e. The predicted octanol–water partition coefficient (Wildman–Crippen LogP) is 3.89. The van der Waals surface area contributed by atoms with Crippen molar-refractivity contribution in [3.8, 4) is 5.75 Å². The second-order valence-corrected chi connectivity index (χ2v) is 5.45. The summed E-state index contributed by atoms with van der Waals surface area (Å²) in [4.78, 5) is 6.55. The first-order chi connectivity index (χ1) is 11.3. The average molecular weight is 308 g/mol. The van der Waals surface area contributed by atoms with Crippen LogP contribution in [0.5, 0.6) is 5.75 Å². The van der Waals surface area contributed by atoms with Gasteiger partial charge in [0.1, 0.15) is 5.75 Å². The van der Waals surface area contributed by atoms with E-state index in [1.54, 1.807) is 25.8 Å². The molecule has 118 valence electrons. The Hall–Kier alpha value is -2.59.